The number of piperidine rings is 1. The van der Waals surface area contributed by atoms with Crippen molar-refractivity contribution in [2.45, 2.75) is 18.8 Å². The number of esters is 1. The molecule has 86 valence electrons. The topological polar surface area (TPSA) is 42.9 Å². The zero-order valence-corrected chi connectivity index (χ0v) is 9.61. The van der Waals surface area contributed by atoms with Gasteiger partial charge in [0.05, 0.1) is 25.8 Å². The molecule has 3 heteroatoms. The van der Waals surface area contributed by atoms with Gasteiger partial charge in [-0.3, -0.25) is 0 Å². The smallest absolute Gasteiger partial charge is 0.337 e. The number of methoxy groups -OCH3 is 1. The molecular weight excluding hydrogens is 202 g/mol. The highest BCUT2D eigenvalue weighted by atomic mass is 16.5. The normalized spacial score (nSPS) is 17.1. The molecule has 2 rings (SSSR count). The number of benzene rings is 1. The number of hydrogen-bond donors (Lipinski definition) is 1. The Bertz CT molecular complexity index is 370. The van der Waals surface area contributed by atoms with Gasteiger partial charge in [-0.15, -0.1) is 0 Å². The average Bonchev–Trinajstić information content (AvgIpc) is 2.39. The number of ether oxygens (including phenoxy) is 1. The molecule has 1 heterocycles. The van der Waals surface area contributed by atoms with Crippen LogP contribution in [-0.4, -0.2) is 26.2 Å². The van der Waals surface area contributed by atoms with Gasteiger partial charge in [0.25, 0.3) is 0 Å². The molecule has 1 aliphatic heterocycles. The first-order chi connectivity index (χ1) is 7.81. The first kappa shape index (κ1) is 11.1. The molecule has 0 bridgehead atoms. The second-order valence-electron chi connectivity index (χ2n) is 4.26. The van der Waals surface area contributed by atoms with E-state index in [0.717, 1.165) is 0 Å². The molecule has 0 aromatic heterocycles. The molecule has 1 aromatic carbocycles. The molecule has 1 aromatic rings. The number of rotatable bonds is 2. The summed E-state index contributed by atoms with van der Waals surface area (Å²) in [5, 5.41) is 2.35. The van der Waals surface area contributed by atoms with Crippen LogP contribution in [0.5, 0.6) is 0 Å². The van der Waals surface area contributed by atoms with Crippen molar-refractivity contribution in [1.82, 2.24) is 0 Å². The highest BCUT2D eigenvalue weighted by molar-refractivity contribution is 5.89. The molecule has 1 aliphatic rings. The third-order valence-electron chi connectivity index (χ3n) is 3.22. The fourth-order valence-electron chi connectivity index (χ4n) is 2.30. The van der Waals surface area contributed by atoms with Gasteiger partial charge in [-0.25, -0.2) is 4.79 Å². The lowest BCUT2D eigenvalue weighted by Crippen LogP contribution is -2.86. The quantitative estimate of drug-likeness (QED) is 0.753. The second-order valence-corrected chi connectivity index (χ2v) is 4.26. The van der Waals surface area contributed by atoms with E-state index in [9.17, 15) is 4.79 Å². The Morgan fingerprint density at radius 1 is 1.38 bits per heavy atom. The van der Waals surface area contributed by atoms with Crippen LogP contribution in [0.25, 0.3) is 0 Å². The van der Waals surface area contributed by atoms with Gasteiger partial charge in [-0.2, -0.15) is 0 Å². The Morgan fingerprint density at radius 2 is 2.12 bits per heavy atom. The fraction of sp³-hybridized carbons (Fsp3) is 0.462. The third kappa shape index (κ3) is 2.42. The van der Waals surface area contributed by atoms with Gasteiger partial charge in [0.2, 0.25) is 0 Å². The van der Waals surface area contributed by atoms with E-state index in [0.29, 0.717) is 11.5 Å². The molecule has 0 radical (unpaired) electrons. The molecule has 0 atom stereocenters. The number of carbonyl (C=O) groups is 1. The van der Waals surface area contributed by atoms with Crippen molar-refractivity contribution >= 4 is 5.97 Å². The van der Waals surface area contributed by atoms with E-state index in [-0.39, 0.29) is 5.97 Å². The summed E-state index contributed by atoms with van der Waals surface area (Å²) >= 11 is 0. The maximum atomic E-state index is 11.4. The molecule has 1 fully saturated rings. The van der Waals surface area contributed by atoms with Crippen LogP contribution in [0.15, 0.2) is 24.3 Å². The van der Waals surface area contributed by atoms with E-state index < -0.39 is 0 Å². The highest BCUT2D eigenvalue weighted by Gasteiger charge is 2.18. The lowest BCUT2D eigenvalue weighted by molar-refractivity contribution is -0.663. The monoisotopic (exact) mass is 220 g/mol. The SMILES string of the molecule is COC(=O)c1cccc(C2CC[NH2+]CC2)c1. The molecule has 0 spiro atoms. The molecule has 0 saturated carbocycles. The van der Waals surface area contributed by atoms with Crippen molar-refractivity contribution in [3.63, 3.8) is 0 Å². The van der Waals surface area contributed by atoms with Gasteiger partial charge in [-0.1, -0.05) is 12.1 Å². The maximum Gasteiger partial charge on any atom is 0.337 e. The van der Waals surface area contributed by atoms with Crippen molar-refractivity contribution in [2.75, 3.05) is 20.2 Å². The van der Waals surface area contributed by atoms with Crippen LogP contribution >= 0.6 is 0 Å². The summed E-state index contributed by atoms with van der Waals surface area (Å²) < 4.78 is 4.73. The second kappa shape index (κ2) is 5.12. The van der Waals surface area contributed by atoms with Gasteiger partial charge in [0.1, 0.15) is 0 Å². The summed E-state index contributed by atoms with van der Waals surface area (Å²) in [6.45, 7) is 2.38. The Labute approximate surface area is 95.8 Å². The number of nitrogens with two attached hydrogens (primary N) is 1. The summed E-state index contributed by atoms with van der Waals surface area (Å²) in [7, 11) is 1.42. The minimum atomic E-state index is -0.246. The number of carbonyl (C=O) groups excluding carboxylic acids is 1. The zero-order chi connectivity index (χ0) is 11.4. The van der Waals surface area contributed by atoms with Crippen LogP contribution in [0, 0.1) is 0 Å². The molecule has 0 unspecified atom stereocenters. The molecule has 16 heavy (non-hydrogen) atoms. The summed E-state index contributed by atoms with van der Waals surface area (Å²) in [5.74, 6) is 0.360. The Balaban J connectivity index is 2.17. The number of hydrogen-bond acceptors (Lipinski definition) is 2. The molecule has 0 aliphatic carbocycles. The minimum Gasteiger partial charge on any atom is -0.465 e. The van der Waals surface area contributed by atoms with Crippen LogP contribution < -0.4 is 5.32 Å². The highest BCUT2D eigenvalue weighted by Crippen LogP contribution is 2.24. The first-order valence-electron chi connectivity index (χ1n) is 5.81. The average molecular weight is 220 g/mol. The molecular formula is C13H18NO2+. The zero-order valence-electron chi connectivity index (χ0n) is 9.61. The van der Waals surface area contributed by atoms with Crippen molar-refractivity contribution in [3.8, 4) is 0 Å². The van der Waals surface area contributed by atoms with Gasteiger partial charge >= 0.3 is 5.97 Å². The third-order valence-corrected chi connectivity index (χ3v) is 3.22. The first-order valence-corrected chi connectivity index (χ1v) is 5.81. The fourth-order valence-corrected chi connectivity index (χ4v) is 2.30. The van der Waals surface area contributed by atoms with Crippen LogP contribution in [0.2, 0.25) is 0 Å². The van der Waals surface area contributed by atoms with E-state index in [4.69, 9.17) is 4.74 Å². The van der Waals surface area contributed by atoms with Crippen LogP contribution in [0.1, 0.15) is 34.7 Å². The van der Waals surface area contributed by atoms with Crippen LogP contribution in [-0.2, 0) is 4.74 Å². The predicted molar refractivity (Wildman–Crippen MR) is 61.4 cm³/mol. The molecule has 1 saturated heterocycles. The lowest BCUT2D eigenvalue weighted by atomic mass is 9.89. The van der Waals surface area contributed by atoms with E-state index >= 15 is 0 Å². The summed E-state index contributed by atoms with van der Waals surface area (Å²) in [5.41, 5.74) is 1.94. The largest absolute Gasteiger partial charge is 0.465 e. The Hall–Kier alpha value is -1.35. The van der Waals surface area contributed by atoms with Crippen LogP contribution in [0.3, 0.4) is 0 Å². The Morgan fingerprint density at radius 3 is 2.81 bits per heavy atom. The van der Waals surface area contributed by atoms with Crippen molar-refractivity contribution in [1.29, 1.82) is 0 Å². The van der Waals surface area contributed by atoms with E-state index in [1.807, 2.05) is 18.2 Å². The maximum absolute atomic E-state index is 11.4. The van der Waals surface area contributed by atoms with Gasteiger partial charge in [0.15, 0.2) is 0 Å². The lowest BCUT2D eigenvalue weighted by Gasteiger charge is -2.20. The standard InChI is InChI=1S/C13H17NO2/c1-16-13(15)12-4-2-3-11(9-12)10-5-7-14-8-6-10/h2-4,9-10,14H,5-8H2,1H3/p+1. The van der Waals surface area contributed by atoms with Crippen molar-refractivity contribution < 1.29 is 14.8 Å². The van der Waals surface area contributed by atoms with Gasteiger partial charge < -0.3 is 10.1 Å². The molecule has 2 N–H and O–H groups in total. The number of quaternary nitrogens is 1. The van der Waals surface area contributed by atoms with Gasteiger partial charge in [-0.05, 0) is 23.6 Å². The summed E-state index contributed by atoms with van der Waals surface area (Å²) in [6, 6.07) is 7.84. The molecule has 0 amide bonds. The summed E-state index contributed by atoms with van der Waals surface area (Å²) in [4.78, 5) is 11.4. The molecule has 3 nitrogen and oxygen atoms in total. The van der Waals surface area contributed by atoms with Crippen molar-refractivity contribution in [2.24, 2.45) is 0 Å². The van der Waals surface area contributed by atoms with E-state index in [1.165, 1.54) is 38.6 Å². The van der Waals surface area contributed by atoms with Gasteiger partial charge in [0, 0.05) is 12.8 Å². The van der Waals surface area contributed by atoms with Crippen LogP contribution in [0.4, 0.5) is 0 Å². The minimum absolute atomic E-state index is 0.246. The predicted octanol–water partition coefficient (Wildman–Crippen LogP) is 0.914. The Kier molecular flexibility index (Phi) is 3.57. The summed E-state index contributed by atoms with van der Waals surface area (Å²) in [6.07, 6.45) is 2.40. The van der Waals surface area contributed by atoms with Crippen molar-refractivity contribution in [3.05, 3.63) is 35.4 Å². The van der Waals surface area contributed by atoms with E-state index in [1.54, 1.807) is 0 Å². The van der Waals surface area contributed by atoms with E-state index in [2.05, 4.69) is 11.4 Å².